The maximum atomic E-state index is 13.0. The van der Waals surface area contributed by atoms with E-state index in [0.29, 0.717) is 23.1 Å². The molecule has 0 fully saturated rings. The molecule has 1 N–H and O–H groups in total. The number of hydrogen-bond donors (Lipinski definition) is 1. The Morgan fingerprint density at radius 1 is 1.29 bits per heavy atom. The van der Waals surface area contributed by atoms with E-state index in [1.807, 2.05) is 13.0 Å². The predicted molar refractivity (Wildman–Crippen MR) is 78.5 cm³/mol. The van der Waals surface area contributed by atoms with Gasteiger partial charge in [-0.3, -0.25) is 0 Å². The quantitative estimate of drug-likeness (QED) is 0.838. The highest BCUT2D eigenvalue weighted by Gasteiger charge is 2.32. The van der Waals surface area contributed by atoms with Gasteiger partial charge in [0, 0.05) is 24.0 Å². The molecule has 0 spiro atoms. The third-order valence-electron chi connectivity index (χ3n) is 3.64. The van der Waals surface area contributed by atoms with Crippen molar-refractivity contribution in [1.82, 2.24) is 5.32 Å². The lowest BCUT2D eigenvalue weighted by Gasteiger charge is -2.22. The predicted octanol–water partition coefficient (Wildman–Crippen LogP) is 4.50. The summed E-state index contributed by atoms with van der Waals surface area (Å²) in [5.41, 5.74) is 1.36. The highest BCUT2D eigenvalue weighted by molar-refractivity contribution is 5.91. The van der Waals surface area contributed by atoms with E-state index in [4.69, 9.17) is 4.42 Å². The van der Waals surface area contributed by atoms with Crippen molar-refractivity contribution < 1.29 is 17.6 Å². The molecule has 2 aromatic rings. The largest absolute Gasteiger partial charge is 0.464 e. The van der Waals surface area contributed by atoms with Gasteiger partial charge in [-0.2, -0.15) is 13.2 Å². The Kier molecular flexibility index (Phi) is 4.35. The maximum Gasteiger partial charge on any atom is 0.416 e. The normalized spacial score (nSPS) is 19.2. The molecule has 21 heavy (non-hydrogen) atoms. The molecule has 1 aromatic carbocycles. The molecule has 0 saturated heterocycles. The Hall–Kier alpha value is -1.46. The molecular weight excluding hydrogens is 303 g/mol. The molecule has 2 nitrogen and oxygen atoms in total. The minimum Gasteiger partial charge on any atom is -0.464 e. The lowest BCUT2D eigenvalue weighted by molar-refractivity contribution is -0.137. The molecule has 0 aliphatic carbocycles. The van der Waals surface area contributed by atoms with Gasteiger partial charge in [0.15, 0.2) is 0 Å². The van der Waals surface area contributed by atoms with Crippen molar-refractivity contribution in [1.29, 1.82) is 0 Å². The highest BCUT2D eigenvalue weighted by Crippen LogP contribution is 2.38. The van der Waals surface area contributed by atoms with Crippen LogP contribution < -0.4 is 5.32 Å². The van der Waals surface area contributed by atoms with Gasteiger partial charge in [-0.15, -0.1) is 12.4 Å². The zero-order chi connectivity index (χ0) is 14.3. The zero-order valence-electron chi connectivity index (χ0n) is 11.3. The van der Waals surface area contributed by atoms with Crippen LogP contribution in [-0.4, -0.2) is 13.1 Å². The first kappa shape index (κ1) is 15.9. The van der Waals surface area contributed by atoms with Gasteiger partial charge < -0.3 is 9.73 Å². The Labute approximate surface area is 126 Å². The van der Waals surface area contributed by atoms with Crippen molar-refractivity contribution in [2.75, 3.05) is 13.1 Å². The molecule has 114 valence electrons. The summed E-state index contributed by atoms with van der Waals surface area (Å²) in [5, 5.41) is 3.68. The van der Waals surface area contributed by atoms with E-state index in [0.717, 1.165) is 18.2 Å². The Balaban J connectivity index is 0.00000161. The average Bonchev–Trinajstić information content (AvgIpc) is 2.85. The summed E-state index contributed by atoms with van der Waals surface area (Å²) < 4.78 is 44.4. The van der Waals surface area contributed by atoms with Crippen molar-refractivity contribution >= 4 is 28.9 Å². The van der Waals surface area contributed by atoms with E-state index >= 15 is 0 Å². The summed E-state index contributed by atoms with van der Waals surface area (Å²) in [4.78, 5) is 0. The summed E-state index contributed by atoms with van der Waals surface area (Å²) in [5.74, 6) is 0.153. The fraction of sp³-hybridized carbons (Fsp3) is 0.333. The first-order valence-electron chi connectivity index (χ1n) is 6.46. The molecule has 6 heteroatoms. The number of alkyl halides is 3. The lowest BCUT2D eigenvalue weighted by atomic mass is 9.89. The third-order valence-corrected chi connectivity index (χ3v) is 3.64. The molecule has 3 rings (SSSR count). The van der Waals surface area contributed by atoms with Crippen LogP contribution in [0.2, 0.25) is 0 Å². The van der Waals surface area contributed by atoms with Crippen molar-refractivity contribution in [2.24, 2.45) is 5.92 Å². The van der Waals surface area contributed by atoms with Gasteiger partial charge in [0.1, 0.15) is 5.58 Å². The number of nitrogens with one attached hydrogen (secondary N) is 1. The Bertz CT molecular complexity index is 675. The van der Waals surface area contributed by atoms with E-state index in [2.05, 4.69) is 5.32 Å². The van der Waals surface area contributed by atoms with Gasteiger partial charge in [-0.05, 0) is 29.7 Å². The second kappa shape index (κ2) is 5.73. The van der Waals surface area contributed by atoms with Crippen molar-refractivity contribution in [3.63, 3.8) is 0 Å². The smallest absolute Gasteiger partial charge is 0.416 e. The number of fused-ring (bicyclic) bond motifs is 1. The van der Waals surface area contributed by atoms with Gasteiger partial charge >= 0.3 is 6.18 Å². The summed E-state index contributed by atoms with van der Waals surface area (Å²) in [6.07, 6.45) is -0.983. The van der Waals surface area contributed by atoms with Gasteiger partial charge in [0.2, 0.25) is 0 Å². The molecule has 1 aromatic heterocycles. The molecule has 2 heterocycles. The van der Waals surface area contributed by atoms with E-state index in [9.17, 15) is 13.2 Å². The van der Waals surface area contributed by atoms with Crippen LogP contribution in [0.15, 0.2) is 35.0 Å². The highest BCUT2D eigenvalue weighted by atomic mass is 35.5. The molecule has 1 aliphatic rings. The molecule has 1 unspecified atom stereocenters. The van der Waals surface area contributed by atoms with Crippen LogP contribution in [-0.2, 0) is 6.18 Å². The topological polar surface area (TPSA) is 25.2 Å². The second-order valence-electron chi connectivity index (χ2n) is 5.08. The van der Waals surface area contributed by atoms with Crippen LogP contribution >= 0.6 is 12.4 Å². The SMILES string of the molecule is CC1CNCC=C1c1cc(C(F)(F)F)cc2ccoc12.Cl. The Morgan fingerprint density at radius 3 is 2.71 bits per heavy atom. The number of hydrogen-bond acceptors (Lipinski definition) is 2. The second-order valence-corrected chi connectivity index (χ2v) is 5.08. The molecule has 0 amide bonds. The van der Waals surface area contributed by atoms with Gasteiger partial charge in [-0.25, -0.2) is 0 Å². The molecule has 1 aliphatic heterocycles. The van der Waals surface area contributed by atoms with Crippen LogP contribution in [0.1, 0.15) is 18.1 Å². The Morgan fingerprint density at radius 2 is 2.05 bits per heavy atom. The summed E-state index contributed by atoms with van der Waals surface area (Å²) in [7, 11) is 0. The van der Waals surface area contributed by atoms with Crippen LogP contribution in [0.3, 0.4) is 0 Å². The van der Waals surface area contributed by atoms with Gasteiger partial charge in [0.05, 0.1) is 11.8 Å². The van der Waals surface area contributed by atoms with Crippen molar-refractivity contribution in [3.8, 4) is 0 Å². The fourth-order valence-electron chi connectivity index (χ4n) is 2.63. The van der Waals surface area contributed by atoms with Crippen LogP contribution in [0.4, 0.5) is 13.2 Å². The first-order valence-corrected chi connectivity index (χ1v) is 6.46. The van der Waals surface area contributed by atoms with E-state index < -0.39 is 11.7 Å². The molecule has 0 saturated carbocycles. The van der Waals surface area contributed by atoms with E-state index in [1.165, 1.54) is 12.3 Å². The van der Waals surface area contributed by atoms with Crippen molar-refractivity contribution in [3.05, 3.63) is 41.7 Å². The van der Waals surface area contributed by atoms with Crippen LogP contribution in [0, 0.1) is 5.92 Å². The van der Waals surface area contributed by atoms with E-state index in [-0.39, 0.29) is 18.3 Å². The van der Waals surface area contributed by atoms with Crippen LogP contribution in [0.5, 0.6) is 0 Å². The molecule has 0 bridgehead atoms. The van der Waals surface area contributed by atoms with E-state index in [1.54, 1.807) is 6.07 Å². The minimum atomic E-state index is -4.35. The third kappa shape index (κ3) is 2.94. The summed E-state index contributed by atoms with van der Waals surface area (Å²) >= 11 is 0. The number of furan rings is 1. The van der Waals surface area contributed by atoms with Crippen LogP contribution in [0.25, 0.3) is 16.5 Å². The summed E-state index contributed by atoms with van der Waals surface area (Å²) in [6, 6.07) is 3.90. The fourth-order valence-corrected chi connectivity index (χ4v) is 2.63. The number of benzene rings is 1. The standard InChI is InChI=1S/C15H14F3NO.ClH/c1-9-8-19-4-2-12(9)13-7-11(15(16,17)18)6-10-3-5-20-14(10)13;/h2-3,5-7,9,19H,4,8H2,1H3;1H. The monoisotopic (exact) mass is 317 g/mol. The molecule has 0 radical (unpaired) electrons. The summed E-state index contributed by atoms with van der Waals surface area (Å²) in [6.45, 7) is 3.41. The lowest BCUT2D eigenvalue weighted by Crippen LogP contribution is -2.27. The number of halogens is 4. The van der Waals surface area contributed by atoms with Crippen molar-refractivity contribution in [2.45, 2.75) is 13.1 Å². The number of rotatable bonds is 1. The maximum absolute atomic E-state index is 13.0. The zero-order valence-corrected chi connectivity index (χ0v) is 12.1. The minimum absolute atomic E-state index is 0. The average molecular weight is 318 g/mol. The molecular formula is C15H15ClF3NO. The molecule has 1 atom stereocenters. The first-order chi connectivity index (χ1) is 9.47. The van der Waals surface area contributed by atoms with Gasteiger partial charge in [0.25, 0.3) is 0 Å². The van der Waals surface area contributed by atoms with Gasteiger partial charge in [-0.1, -0.05) is 13.0 Å².